The number of benzene rings is 3. The summed E-state index contributed by atoms with van der Waals surface area (Å²) < 4.78 is 22.7. The van der Waals surface area contributed by atoms with Crippen molar-refractivity contribution in [3.8, 4) is 11.5 Å². The first-order valence-corrected chi connectivity index (χ1v) is 31.0. The molecule has 490 valence electrons. The Balaban J connectivity index is 1.07. The van der Waals surface area contributed by atoms with E-state index in [4.69, 9.17) is 18.9 Å². The first-order chi connectivity index (χ1) is 41.9. The molecular formula is C67H93N9O14. The molecule has 0 aliphatic carbocycles. The molecule has 90 heavy (non-hydrogen) atoms. The molecule has 0 spiro atoms. The summed E-state index contributed by atoms with van der Waals surface area (Å²) in [5.41, 5.74) is -1.45. The molecule has 10 atom stereocenters. The molecule has 2 saturated heterocycles. The van der Waals surface area contributed by atoms with Crippen LogP contribution in [-0.4, -0.2) is 173 Å². The average molecular weight is 1250 g/mol. The number of hydrogen-bond acceptors (Lipinski definition) is 14. The standard InChI is InChI=1S/C67H93N9O14/c1-38(73(15)62(85)89-66(9,10)11)51(77)35-46(64(3,4)5)60(83)75-36-42(33-49(75)58(81)70-47-29-31-87-52-23-19-17-21-44(47)52)68-56(79)40-25-27-41(28-26-40)57(80)69-43-34-50(59(82)71-48-30-32-88-53-24-20-18-22-45(48)53)76(37-43)61(84)54(65(6,7)8)72-55(78)39(2)74(16)63(86)90-67(12,13)14/h17-28,38-39,42-43,46-50,54H,29-37H2,1-16H3,(H,68,79)(H,69,80)(H,70,81)(H,71,82)(H,72,78)/t38-,39-,42-,43-,46+,47+,48+,49-,50-,54+/m0/s1. The van der Waals surface area contributed by atoms with Crippen molar-refractivity contribution in [2.45, 2.75) is 195 Å². The van der Waals surface area contributed by atoms with Gasteiger partial charge in [0.2, 0.25) is 29.5 Å². The first kappa shape index (κ1) is 69.2. The molecule has 9 amide bonds. The van der Waals surface area contributed by atoms with E-state index in [9.17, 15) is 43.2 Å². The molecule has 4 heterocycles. The van der Waals surface area contributed by atoms with Crippen molar-refractivity contribution in [3.05, 3.63) is 95.1 Å². The number of hydrogen-bond donors (Lipinski definition) is 5. The van der Waals surface area contributed by atoms with E-state index in [-0.39, 0.29) is 49.3 Å². The van der Waals surface area contributed by atoms with Crippen LogP contribution in [0.15, 0.2) is 72.8 Å². The Morgan fingerprint density at radius 3 is 1.34 bits per heavy atom. The number of amides is 9. The second-order valence-electron chi connectivity index (χ2n) is 28.3. The van der Waals surface area contributed by atoms with Gasteiger partial charge in [-0.15, -0.1) is 0 Å². The van der Waals surface area contributed by atoms with Crippen LogP contribution in [0.3, 0.4) is 0 Å². The van der Waals surface area contributed by atoms with E-state index in [2.05, 4.69) is 26.6 Å². The molecular weight excluding hydrogens is 1150 g/mol. The maximum Gasteiger partial charge on any atom is 0.410 e. The Morgan fingerprint density at radius 1 is 0.544 bits per heavy atom. The lowest BCUT2D eigenvalue weighted by Crippen LogP contribution is -2.60. The second kappa shape index (κ2) is 27.9. The van der Waals surface area contributed by atoms with Gasteiger partial charge in [-0.3, -0.25) is 43.3 Å². The van der Waals surface area contributed by atoms with Gasteiger partial charge < -0.3 is 60.2 Å². The van der Waals surface area contributed by atoms with Crippen LogP contribution >= 0.6 is 0 Å². The highest BCUT2D eigenvalue weighted by Crippen LogP contribution is 2.37. The number of nitrogens with zero attached hydrogens (tertiary/aromatic N) is 4. The molecule has 0 radical (unpaired) electrons. The van der Waals surface area contributed by atoms with E-state index in [0.717, 1.165) is 16.0 Å². The predicted octanol–water partition coefficient (Wildman–Crippen LogP) is 7.03. The zero-order chi connectivity index (χ0) is 66.5. The highest BCUT2D eigenvalue weighted by molar-refractivity contribution is 6.00. The summed E-state index contributed by atoms with van der Waals surface area (Å²) in [6.07, 6.45) is -0.697. The number of likely N-dealkylation sites (N-methyl/N-ethyl adjacent to an activating group) is 2. The molecule has 0 aromatic heterocycles. The van der Waals surface area contributed by atoms with E-state index in [1.165, 1.54) is 60.0 Å². The Labute approximate surface area is 528 Å². The van der Waals surface area contributed by atoms with Crippen molar-refractivity contribution in [2.75, 3.05) is 40.4 Å². The molecule has 0 bridgehead atoms. The molecule has 3 aromatic rings. The average Bonchev–Trinajstić information content (AvgIpc) is 1.59. The van der Waals surface area contributed by atoms with Crippen LogP contribution in [0.1, 0.15) is 173 Å². The number of rotatable bonds is 17. The van der Waals surface area contributed by atoms with Crippen LogP contribution in [0.25, 0.3) is 0 Å². The molecule has 4 aliphatic heterocycles. The highest BCUT2D eigenvalue weighted by Gasteiger charge is 2.49. The summed E-state index contributed by atoms with van der Waals surface area (Å²) >= 11 is 0. The zero-order valence-electron chi connectivity index (χ0n) is 55.1. The normalized spacial score (nSPS) is 21.2. The Morgan fingerprint density at radius 2 is 0.944 bits per heavy atom. The van der Waals surface area contributed by atoms with E-state index >= 15 is 4.79 Å². The van der Waals surface area contributed by atoms with Crippen LogP contribution in [0, 0.1) is 16.7 Å². The van der Waals surface area contributed by atoms with Gasteiger partial charge in [0, 0.05) is 86.7 Å². The highest BCUT2D eigenvalue weighted by atomic mass is 16.6. The van der Waals surface area contributed by atoms with Gasteiger partial charge in [0.05, 0.1) is 31.3 Å². The maximum absolute atomic E-state index is 15.0. The van der Waals surface area contributed by atoms with Gasteiger partial charge in [-0.25, -0.2) is 9.59 Å². The van der Waals surface area contributed by atoms with E-state index in [1.54, 1.807) is 69.2 Å². The summed E-state index contributed by atoms with van der Waals surface area (Å²) in [5.74, 6) is -3.76. The van der Waals surface area contributed by atoms with Crippen LogP contribution in [0.2, 0.25) is 0 Å². The number of ether oxygens (including phenoxy) is 4. The number of likely N-dealkylation sites (tertiary alicyclic amines) is 2. The number of carbonyl (C=O) groups excluding carboxylic acids is 10. The fourth-order valence-corrected chi connectivity index (χ4v) is 11.5. The van der Waals surface area contributed by atoms with Crippen molar-refractivity contribution in [1.29, 1.82) is 0 Å². The molecule has 5 N–H and O–H groups in total. The second-order valence-corrected chi connectivity index (χ2v) is 28.3. The van der Waals surface area contributed by atoms with Crippen molar-refractivity contribution in [3.63, 3.8) is 0 Å². The minimum atomic E-state index is -1.19. The molecule has 23 heteroatoms. The van der Waals surface area contributed by atoms with E-state index in [1.807, 2.05) is 69.3 Å². The van der Waals surface area contributed by atoms with Crippen molar-refractivity contribution in [2.24, 2.45) is 16.7 Å². The van der Waals surface area contributed by atoms with Crippen LogP contribution < -0.4 is 36.1 Å². The first-order valence-electron chi connectivity index (χ1n) is 31.0. The summed E-state index contributed by atoms with van der Waals surface area (Å²) in [5, 5.41) is 15.1. The number of fused-ring (bicyclic) bond motifs is 2. The SMILES string of the molecule is C[C@@H](C(=O)C[C@H](C(=O)N1C[C@@H](NC(=O)c2ccc(C(=O)N[C@H]3C[C@@H](C(=O)N[C@@H]4CCOc5ccccc54)N(C(=O)[C@@H](NC(=O)[C@H](C)N(C)C(=O)OC(C)(C)C)C(C)(C)C)C3)cc2)C[C@H]1C(=O)N[C@@H]1CCOc2ccccc21)C(C)(C)C)N(C)C(=O)OC(C)(C)C. The van der Waals surface area contributed by atoms with E-state index < -0.39 is 136 Å². The lowest BCUT2D eigenvalue weighted by atomic mass is 9.76. The number of carbonyl (C=O) groups is 10. The number of para-hydroxylation sites is 2. The van der Waals surface area contributed by atoms with Crippen LogP contribution in [0.4, 0.5) is 9.59 Å². The summed E-state index contributed by atoms with van der Waals surface area (Å²) in [7, 11) is 2.89. The third kappa shape index (κ3) is 17.2. The van der Waals surface area contributed by atoms with Gasteiger partial charge in [-0.05, 0) is 115 Å². The quantitative estimate of drug-likeness (QED) is 0.0908. The number of Topliss-reactive ketones (excluding diaryl/α,β-unsaturated/α-hetero) is 1. The fraction of sp³-hybridized carbons (Fsp3) is 0.582. The molecule has 0 unspecified atom stereocenters. The largest absolute Gasteiger partial charge is 0.493 e. The van der Waals surface area contributed by atoms with Gasteiger partial charge in [0.25, 0.3) is 11.8 Å². The van der Waals surface area contributed by atoms with Crippen LogP contribution in [0.5, 0.6) is 11.5 Å². The maximum atomic E-state index is 15.0. The number of nitrogens with one attached hydrogen (secondary N) is 5. The lowest BCUT2D eigenvalue weighted by molar-refractivity contribution is -0.146. The zero-order valence-corrected chi connectivity index (χ0v) is 55.1. The third-order valence-corrected chi connectivity index (χ3v) is 16.9. The Kier molecular flexibility index (Phi) is 21.4. The summed E-state index contributed by atoms with van der Waals surface area (Å²) in [4.78, 5) is 147. The molecule has 7 rings (SSSR count). The van der Waals surface area contributed by atoms with Gasteiger partial charge in [0.1, 0.15) is 46.9 Å². The van der Waals surface area contributed by atoms with Gasteiger partial charge in [0.15, 0.2) is 5.78 Å². The van der Waals surface area contributed by atoms with E-state index in [0.29, 0.717) is 37.6 Å². The minimum Gasteiger partial charge on any atom is -0.493 e. The minimum absolute atomic E-state index is 0.0108. The van der Waals surface area contributed by atoms with Crippen molar-refractivity contribution >= 4 is 59.3 Å². The van der Waals surface area contributed by atoms with Gasteiger partial charge in [-0.2, -0.15) is 0 Å². The molecule has 2 fully saturated rings. The number of ketones is 1. The molecule has 23 nitrogen and oxygen atoms in total. The lowest BCUT2D eigenvalue weighted by Gasteiger charge is -2.37. The predicted molar refractivity (Wildman–Crippen MR) is 335 cm³/mol. The Hall–Kier alpha value is -8.24. The molecule has 4 aliphatic rings. The summed E-state index contributed by atoms with van der Waals surface area (Å²) in [6.45, 7) is 24.7. The topological polar surface area (TPSA) is 281 Å². The van der Waals surface area contributed by atoms with Crippen molar-refractivity contribution in [1.82, 2.24) is 46.2 Å². The van der Waals surface area contributed by atoms with Crippen molar-refractivity contribution < 1.29 is 66.9 Å². The summed E-state index contributed by atoms with van der Waals surface area (Å²) in [6, 6.07) is 12.9. The fourth-order valence-electron chi connectivity index (χ4n) is 11.5. The molecule has 0 saturated carbocycles. The van der Waals surface area contributed by atoms with Crippen LogP contribution in [-0.2, 0) is 38.2 Å². The smallest absolute Gasteiger partial charge is 0.410 e. The van der Waals surface area contributed by atoms with Gasteiger partial charge in [-0.1, -0.05) is 77.9 Å². The molecule has 3 aromatic carbocycles. The van der Waals surface area contributed by atoms with Gasteiger partial charge >= 0.3 is 12.2 Å². The monoisotopic (exact) mass is 1250 g/mol. The Bertz CT molecular complexity index is 2970. The third-order valence-electron chi connectivity index (χ3n) is 16.9.